The zero-order chi connectivity index (χ0) is 18.0. The zero-order valence-electron chi connectivity index (χ0n) is 16.8. The van der Waals surface area contributed by atoms with Gasteiger partial charge in [0, 0.05) is 19.6 Å². The molecule has 0 N–H and O–H groups in total. The molecule has 2 nitrogen and oxygen atoms in total. The third-order valence-corrected chi connectivity index (χ3v) is 5.50. The molecule has 0 amide bonds. The Balaban J connectivity index is 1.58. The lowest BCUT2D eigenvalue weighted by Gasteiger charge is -2.39. The van der Waals surface area contributed by atoms with Crippen molar-refractivity contribution in [1.29, 1.82) is 0 Å². The summed E-state index contributed by atoms with van der Waals surface area (Å²) in [5, 5.41) is 0. The van der Waals surface area contributed by atoms with Crippen LogP contribution in [0, 0.1) is 17.3 Å². The molecule has 2 aliphatic rings. The first kappa shape index (κ1) is 18.5. The van der Waals surface area contributed by atoms with Gasteiger partial charge in [0.15, 0.2) is 0 Å². The molecule has 1 aliphatic heterocycles. The highest BCUT2D eigenvalue weighted by atomic mass is 16.5. The lowest BCUT2D eigenvalue weighted by atomic mass is 9.83. The van der Waals surface area contributed by atoms with E-state index in [9.17, 15) is 0 Å². The predicted molar refractivity (Wildman–Crippen MR) is 107 cm³/mol. The first-order valence-corrected chi connectivity index (χ1v) is 9.99. The van der Waals surface area contributed by atoms with Crippen molar-refractivity contribution in [3.05, 3.63) is 34.9 Å². The number of benzene rings is 1. The summed E-state index contributed by atoms with van der Waals surface area (Å²) in [6.45, 7) is 16.1. The third-order valence-electron chi connectivity index (χ3n) is 5.50. The molecule has 1 atom stereocenters. The maximum absolute atomic E-state index is 6.00. The second kappa shape index (κ2) is 7.53. The van der Waals surface area contributed by atoms with E-state index in [0.29, 0.717) is 11.3 Å². The number of ether oxygens (including phenoxy) is 1. The maximum atomic E-state index is 6.00. The Kier molecular flexibility index (Phi) is 5.58. The number of rotatable bonds is 6. The van der Waals surface area contributed by atoms with Gasteiger partial charge in [-0.15, -0.1) is 0 Å². The molecule has 1 aromatic carbocycles. The second-order valence-electron chi connectivity index (χ2n) is 9.50. The van der Waals surface area contributed by atoms with Crippen molar-refractivity contribution < 1.29 is 4.74 Å². The van der Waals surface area contributed by atoms with Crippen LogP contribution in [-0.2, 0) is 6.42 Å². The van der Waals surface area contributed by atoms with Gasteiger partial charge in [0.2, 0.25) is 0 Å². The van der Waals surface area contributed by atoms with Crippen LogP contribution in [0.1, 0.15) is 58.6 Å². The summed E-state index contributed by atoms with van der Waals surface area (Å²) in [5.74, 6) is 2.55. The van der Waals surface area contributed by atoms with E-state index in [-0.39, 0.29) is 0 Å². The number of nitrogens with zero attached hydrogens (tertiary/aromatic N) is 1. The summed E-state index contributed by atoms with van der Waals surface area (Å²) in [6.07, 6.45) is 5.89. The van der Waals surface area contributed by atoms with Crippen molar-refractivity contribution in [3.8, 4) is 5.75 Å². The summed E-state index contributed by atoms with van der Waals surface area (Å²) in [5.41, 5.74) is 4.83. The van der Waals surface area contributed by atoms with Gasteiger partial charge in [-0.05, 0) is 59.8 Å². The van der Waals surface area contributed by atoms with E-state index in [1.54, 1.807) is 5.57 Å². The van der Waals surface area contributed by atoms with Crippen LogP contribution in [0.25, 0.3) is 6.08 Å². The zero-order valence-corrected chi connectivity index (χ0v) is 16.8. The van der Waals surface area contributed by atoms with Gasteiger partial charge in [-0.3, -0.25) is 4.90 Å². The Labute approximate surface area is 154 Å². The maximum Gasteiger partial charge on any atom is 0.119 e. The number of likely N-dealkylation sites (tertiary alicyclic amines) is 1. The minimum absolute atomic E-state index is 0.393. The van der Waals surface area contributed by atoms with Gasteiger partial charge >= 0.3 is 0 Å². The average Bonchev–Trinajstić information content (AvgIpc) is 2.50. The van der Waals surface area contributed by atoms with Gasteiger partial charge in [0.05, 0.1) is 6.61 Å². The Morgan fingerprint density at radius 1 is 1.16 bits per heavy atom. The van der Waals surface area contributed by atoms with Crippen molar-refractivity contribution >= 4 is 6.08 Å². The van der Waals surface area contributed by atoms with Gasteiger partial charge in [0.25, 0.3) is 0 Å². The van der Waals surface area contributed by atoms with Crippen LogP contribution < -0.4 is 4.74 Å². The summed E-state index contributed by atoms with van der Waals surface area (Å²) in [4.78, 5) is 2.57. The Bertz CT molecular complexity index is 619. The van der Waals surface area contributed by atoms with Crippen LogP contribution in [-0.4, -0.2) is 31.1 Å². The SMILES string of the molecule is CC1CN(CC2=Cc3ccc(OCCCC(C)(C)C)cc3C[C@@H]2C)C1. The van der Waals surface area contributed by atoms with Gasteiger partial charge in [-0.2, -0.15) is 0 Å². The smallest absolute Gasteiger partial charge is 0.119 e. The van der Waals surface area contributed by atoms with E-state index in [1.807, 2.05) is 0 Å². The van der Waals surface area contributed by atoms with Crippen molar-refractivity contribution in [3.63, 3.8) is 0 Å². The molecule has 0 saturated carbocycles. The van der Waals surface area contributed by atoms with E-state index in [2.05, 4.69) is 63.8 Å². The highest BCUT2D eigenvalue weighted by molar-refractivity contribution is 5.62. The molecule has 1 aliphatic carbocycles. The first-order valence-electron chi connectivity index (χ1n) is 9.99. The van der Waals surface area contributed by atoms with Gasteiger partial charge in [-0.1, -0.05) is 52.3 Å². The quantitative estimate of drug-likeness (QED) is 0.641. The van der Waals surface area contributed by atoms with Gasteiger partial charge in [-0.25, -0.2) is 0 Å². The van der Waals surface area contributed by atoms with Crippen molar-refractivity contribution in [2.75, 3.05) is 26.2 Å². The van der Waals surface area contributed by atoms with E-state index >= 15 is 0 Å². The van der Waals surface area contributed by atoms with Crippen molar-refractivity contribution in [1.82, 2.24) is 4.90 Å². The summed E-state index contributed by atoms with van der Waals surface area (Å²) in [7, 11) is 0. The highest BCUT2D eigenvalue weighted by Gasteiger charge is 2.26. The van der Waals surface area contributed by atoms with Crippen molar-refractivity contribution in [2.45, 2.75) is 53.9 Å². The molecule has 0 aromatic heterocycles. The summed E-state index contributed by atoms with van der Waals surface area (Å²) >= 11 is 0. The minimum atomic E-state index is 0.393. The Morgan fingerprint density at radius 3 is 2.60 bits per heavy atom. The van der Waals surface area contributed by atoms with Crippen LogP contribution in [0.3, 0.4) is 0 Å². The largest absolute Gasteiger partial charge is 0.494 e. The molecule has 0 bridgehead atoms. The van der Waals surface area contributed by atoms with Crippen LogP contribution in [0.5, 0.6) is 5.75 Å². The number of hydrogen-bond donors (Lipinski definition) is 0. The van der Waals surface area contributed by atoms with E-state index in [1.165, 1.54) is 30.6 Å². The molecule has 1 fully saturated rings. The monoisotopic (exact) mass is 341 g/mol. The number of hydrogen-bond acceptors (Lipinski definition) is 2. The molecule has 138 valence electrons. The molecule has 2 heteroatoms. The summed E-state index contributed by atoms with van der Waals surface area (Å²) in [6, 6.07) is 6.66. The molecule has 0 spiro atoms. The van der Waals surface area contributed by atoms with E-state index in [4.69, 9.17) is 4.74 Å². The van der Waals surface area contributed by atoms with Gasteiger partial charge in [0.1, 0.15) is 5.75 Å². The van der Waals surface area contributed by atoms with Gasteiger partial charge < -0.3 is 4.74 Å². The molecule has 1 saturated heterocycles. The standard InChI is InChI=1S/C23H35NO/c1-17-14-24(15-17)16-21-12-19-7-8-22(13-20(19)11-18(21)2)25-10-6-9-23(3,4)5/h7-8,12-13,17-18H,6,9-11,14-16H2,1-5H3/t18-/m0/s1. The van der Waals surface area contributed by atoms with Crippen LogP contribution in [0.4, 0.5) is 0 Å². The molecule has 3 rings (SSSR count). The molecular formula is C23H35NO. The van der Waals surface area contributed by atoms with Crippen molar-refractivity contribution in [2.24, 2.45) is 17.3 Å². The lowest BCUT2D eigenvalue weighted by molar-refractivity contribution is 0.123. The Morgan fingerprint density at radius 2 is 1.92 bits per heavy atom. The van der Waals surface area contributed by atoms with Crippen LogP contribution in [0.15, 0.2) is 23.8 Å². The average molecular weight is 342 g/mol. The fourth-order valence-corrected chi connectivity index (χ4v) is 4.00. The number of fused-ring (bicyclic) bond motifs is 1. The molecule has 1 heterocycles. The summed E-state index contributed by atoms with van der Waals surface area (Å²) < 4.78 is 6.00. The Hall–Kier alpha value is -1.28. The minimum Gasteiger partial charge on any atom is -0.494 e. The molecule has 1 aromatic rings. The lowest BCUT2D eigenvalue weighted by Crippen LogP contribution is -2.46. The molecule has 0 unspecified atom stereocenters. The third kappa shape index (κ3) is 5.10. The van der Waals surface area contributed by atoms with E-state index < -0.39 is 0 Å². The van der Waals surface area contributed by atoms with Crippen LogP contribution >= 0.6 is 0 Å². The fourth-order valence-electron chi connectivity index (χ4n) is 4.00. The topological polar surface area (TPSA) is 12.5 Å². The van der Waals surface area contributed by atoms with Crippen LogP contribution in [0.2, 0.25) is 0 Å². The van der Waals surface area contributed by atoms with E-state index in [0.717, 1.165) is 37.7 Å². The first-order chi connectivity index (χ1) is 11.8. The second-order valence-corrected chi connectivity index (χ2v) is 9.50. The normalized spacial score (nSPS) is 21.5. The fraction of sp³-hybridized carbons (Fsp3) is 0.652. The predicted octanol–water partition coefficient (Wildman–Crippen LogP) is 5.42. The molecule has 25 heavy (non-hydrogen) atoms. The molecular weight excluding hydrogens is 306 g/mol. The molecule has 0 radical (unpaired) electrons. The highest BCUT2D eigenvalue weighted by Crippen LogP contribution is 2.32.